The van der Waals surface area contributed by atoms with Crippen LogP contribution in [-0.2, 0) is 4.74 Å². The van der Waals surface area contributed by atoms with E-state index in [1.165, 1.54) is 0 Å². The number of rotatable bonds is 1. The van der Waals surface area contributed by atoms with Gasteiger partial charge in [0.1, 0.15) is 5.41 Å². The number of hydrogen-bond acceptors (Lipinski definition) is 3. The second-order valence-corrected chi connectivity index (χ2v) is 3.86. The topological polar surface area (TPSA) is 53.2 Å². The van der Waals surface area contributed by atoms with Gasteiger partial charge in [-0.3, -0.25) is 0 Å². The molecule has 0 saturated carbocycles. The first-order valence-electron chi connectivity index (χ1n) is 4.44. The molecule has 4 atom stereocenters. The van der Waals surface area contributed by atoms with Crippen molar-refractivity contribution in [3.8, 4) is 6.07 Å². The average molecular weight is 167 g/mol. The minimum atomic E-state index is -0.608. The first kappa shape index (κ1) is 8.03. The Morgan fingerprint density at radius 1 is 1.67 bits per heavy atom. The van der Waals surface area contributed by atoms with Gasteiger partial charge >= 0.3 is 0 Å². The second kappa shape index (κ2) is 2.45. The van der Waals surface area contributed by atoms with Crippen molar-refractivity contribution in [3.63, 3.8) is 0 Å². The van der Waals surface area contributed by atoms with Gasteiger partial charge in [-0.1, -0.05) is 0 Å². The van der Waals surface area contributed by atoms with Crippen LogP contribution in [0.1, 0.15) is 26.2 Å². The molecule has 12 heavy (non-hydrogen) atoms. The molecule has 3 heteroatoms. The monoisotopic (exact) mass is 167 g/mol. The van der Waals surface area contributed by atoms with Crippen molar-refractivity contribution in [3.05, 3.63) is 0 Å². The molecule has 2 aliphatic rings. The van der Waals surface area contributed by atoms with Gasteiger partial charge in [0.25, 0.3) is 0 Å². The summed E-state index contributed by atoms with van der Waals surface area (Å²) in [6.45, 7) is 1.69. The number of fused-ring (bicyclic) bond motifs is 2. The lowest BCUT2D eigenvalue weighted by molar-refractivity contribution is 0.0145. The molecule has 4 unspecified atom stereocenters. The average Bonchev–Trinajstić information content (AvgIpc) is 2.62. The van der Waals surface area contributed by atoms with Gasteiger partial charge in [-0.2, -0.15) is 5.26 Å². The predicted molar refractivity (Wildman–Crippen MR) is 42.2 cm³/mol. The Labute approximate surface area is 71.9 Å². The van der Waals surface area contributed by atoms with Crippen molar-refractivity contribution >= 4 is 0 Å². The van der Waals surface area contributed by atoms with E-state index in [1.807, 2.05) is 0 Å². The minimum absolute atomic E-state index is 0.0208. The number of nitriles is 1. The van der Waals surface area contributed by atoms with Crippen LogP contribution in [0.2, 0.25) is 0 Å². The molecule has 2 heterocycles. The van der Waals surface area contributed by atoms with Crippen LogP contribution in [-0.4, -0.2) is 23.4 Å². The number of hydrogen-bond donors (Lipinski definition) is 1. The number of aliphatic hydroxyl groups excluding tert-OH is 1. The molecule has 0 aromatic rings. The highest BCUT2D eigenvalue weighted by Gasteiger charge is 2.55. The van der Waals surface area contributed by atoms with E-state index in [-0.39, 0.29) is 12.2 Å². The summed E-state index contributed by atoms with van der Waals surface area (Å²) in [4.78, 5) is 0. The summed E-state index contributed by atoms with van der Waals surface area (Å²) in [6.07, 6.45) is 2.34. The van der Waals surface area contributed by atoms with Crippen LogP contribution >= 0.6 is 0 Å². The van der Waals surface area contributed by atoms with E-state index in [1.54, 1.807) is 6.92 Å². The van der Waals surface area contributed by atoms with Crippen LogP contribution in [0.15, 0.2) is 0 Å². The van der Waals surface area contributed by atoms with Crippen LogP contribution in [0.3, 0.4) is 0 Å². The second-order valence-electron chi connectivity index (χ2n) is 3.86. The Balaban J connectivity index is 2.27. The van der Waals surface area contributed by atoms with Gasteiger partial charge in [0.2, 0.25) is 0 Å². The number of nitrogens with zero attached hydrogens (tertiary/aromatic N) is 1. The summed E-state index contributed by atoms with van der Waals surface area (Å²) in [7, 11) is 0. The zero-order chi connectivity index (χ0) is 8.77. The van der Waals surface area contributed by atoms with Crippen molar-refractivity contribution in [2.75, 3.05) is 0 Å². The zero-order valence-corrected chi connectivity index (χ0v) is 7.16. The summed E-state index contributed by atoms with van der Waals surface area (Å²) in [5.74, 6) is 0. The molecule has 2 bridgehead atoms. The lowest BCUT2D eigenvalue weighted by atomic mass is 9.72. The van der Waals surface area contributed by atoms with E-state index < -0.39 is 11.5 Å². The SMILES string of the molecule is CC(O)C1(C#N)CC2CCC1O2. The molecular formula is C9H13NO2. The highest BCUT2D eigenvalue weighted by atomic mass is 16.5. The molecule has 2 rings (SSSR count). The van der Waals surface area contributed by atoms with Crippen molar-refractivity contribution < 1.29 is 9.84 Å². The Kier molecular flexibility index (Phi) is 1.64. The molecule has 66 valence electrons. The van der Waals surface area contributed by atoms with Gasteiger partial charge in [0, 0.05) is 0 Å². The van der Waals surface area contributed by atoms with E-state index in [0.29, 0.717) is 6.42 Å². The molecule has 3 nitrogen and oxygen atoms in total. The minimum Gasteiger partial charge on any atom is -0.392 e. The van der Waals surface area contributed by atoms with Crippen LogP contribution in [0, 0.1) is 16.7 Å². The van der Waals surface area contributed by atoms with Gasteiger partial charge in [-0.25, -0.2) is 0 Å². The van der Waals surface area contributed by atoms with Crippen LogP contribution in [0.25, 0.3) is 0 Å². The van der Waals surface area contributed by atoms with Crippen LogP contribution in [0.5, 0.6) is 0 Å². The third-order valence-electron chi connectivity index (χ3n) is 3.20. The molecule has 2 fully saturated rings. The van der Waals surface area contributed by atoms with Gasteiger partial charge < -0.3 is 9.84 Å². The van der Waals surface area contributed by atoms with E-state index >= 15 is 0 Å². The lowest BCUT2D eigenvalue weighted by Crippen LogP contribution is -2.40. The van der Waals surface area contributed by atoms with E-state index in [4.69, 9.17) is 10.00 Å². The molecule has 0 aliphatic carbocycles. The molecule has 2 aliphatic heterocycles. The predicted octanol–water partition coefficient (Wildman–Crippen LogP) is 0.828. The quantitative estimate of drug-likeness (QED) is 0.629. The third-order valence-corrected chi connectivity index (χ3v) is 3.20. The van der Waals surface area contributed by atoms with Crippen molar-refractivity contribution in [1.29, 1.82) is 5.26 Å². The van der Waals surface area contributed by atoms with Crippen LogP contribution < -0.4 is 0 Å². The van der Waals surface area contributed by atoms with Gasteiger partial charge in [0.05, 0.1) is 24.4 Å². The standard InChI is InChI=1S/C9H13NO2/c1-6(11)9(5-10)4-7-2-3-8(9)12-7/h6-8,11H,2-4H2,1H3. The van der Waals surface area contributed by atoms with Crippen molar-refractivity contribution in [1.82, 2.24) is 0 Å². The fraction of sp³-hybridized carbons (Fsp3) is 0.889. The fourth-order valence-corrected chi connectivity index (χ4v) is 2.39. The van der Waals surface area contributed by atoms with Crippen molar-refractivity contribution in [2.24, 2.45) is 5.41 Å². The summed E-state index contributed by atoms with van der Waals surface area (Å²) < 4.78 is 5.56. The Hall–Kier alpha value is -0.590. The van der Waals surface area contributed by atoms with Crippen molar-refractivity contribution in [2.45, 2.75) is 44.5 Å². The molecule has 1 N–H and O–H groups in total. The molecule has 0 aromatic heterocycles. The maximum absolute atomic E-state index is 9.52. The Morgan fingerprint density at radius 3 is 2.67 bits per heavy atom. The highest BCUT2D eigenvalue weighted by Crippen LogP contribution is 2.49. The number of ether oxygens (including phenoxy) is 1. The summed E-state index contributed by atoms with van der Waals surface area (Å²) in [6, 6.07) is 2.23. The van der Waals surface area contributed by atoms with Gasteiger partial charge in [0.15, 0.2) is 0 Å². The maximum atomic E-state index is 9.52. The Morgan fingerprint density at radius 2 is 2.42 bits per heavy atom. The van der Waals surface area contributed by atoms with E-state index in [2.05, 4.69) is 6.07 Å². The summed E-state index contributed by atoms with van der Waals surface area (Å²) >= 11 is 0. The first-order valence-corrected chi connectivity index (χ1v) is 4.44. The number of aliphatic hydroxyl groups is 1. The molecule has 2 saturated heterocycles. The van der Waals surface area contributed by atoms with Crippen LogP contribution in [0.4, 0.5) is 0 Å². The summed E-state index contributed by atoms with van der Waals surface area (Å²) in [5, 5.41) is 18.5. The molecule has 0 amide bonds. The van der Waals surface area contributed by atoms with Gasteiger partial charge in [-0.15, -0.1) is 0 Å². The molecular weight excluding hydrogens is 154 g/mol. The fourth-order valence-electron chi connectivity index (χ4n) is 2.39. The first-order chi connectivity index (χ1) is 5.69. The summed E-state index contributed by atoms with van der Waals surface area (Å²) in [5.41, 5.74) is -0.608. The van der Waals surface area contributed by atoms with E-state index in [0.717, 1.165) is 12.8 Å². The molecule has 0 radical (unpaired) electrons. The maximum Gasteiger partial charge on any atom is 0.111 e. The zero-order valence-electron chi connectivity index (χ0n) is 7.16. The normalized spacial score (nSPS) is 47.4. The largest absolute Gasteiger partial charge is 0.392 e. The van der Waals surface area contributed by atoms with E-state index in [9.17, 15) is 5.11 Å². The third kappa shape index (κ3) is 0.825. The molecule has 0 aromatic carbocycles. The van der Waals surface area contributed by atoms with Gasteiger partial charge in [-0.05, 0) is 26.2 Å². The Bertz CT molecular complexity index is 233. The lowest BCUT2D eigenvalue weighted by Gasteiger charge is -2.30. The highest BCUT2D eigenvalue weighted by molar-refractivity contribution is 5.14. The molecule has 0 spiro atoms. The smallest absolute Gasteiger partial charge is 0.111 e.